The number of esters is 2. The maximum Gasteiger partial charge on any atom is 0.353 e. The first-order chi connectivity index (χ1) is 11.0. The van der Waals surface area contributed by atoms with Crippen molar-refractivity contribution in [3.63, 3.8) is 0 Å². The molecule has 0 radical (unpaired) electrons. The Bertz CT molecular complexity index is 600. The summed E-state index contributed by atoms with van der Waals surface area (Å²) in [7, 11) is 1.22. The fraction of sp³-hybridized carbons (Fsp3) is 0.357. The summed E-state index contributed by atoms with van der Waals surface area (Å²) in [6.07, 6.45) is 0.105. The number of nitro benzene ring substituents is 1. The second kappa shape index (κ2) is 9.57. The lowest BCUT2D eigenvalue weighted by Crippen LogP contribution is -2.17. The minimum atomic E-state index is -0.635. The molecule has 1 aromatic rings. The lowest BCUT2D eigenvalue weighted by atomic mass is 10.2. The van der Waals surface area contributed by atoms with Gasteiger partial charge in [0.05, 0.1) is 25.1 Å². The van der Waals surface area contributed by atoms with Gasteiger partial charge in [0, 0.05) is 35.4 Å². The highest BCUT2D eigenvalue weighted by Gasteiger charge is 2.15. The molecular formula is C14H16N2O6S. The number of hydrogen-bond donors (Lipinski definition) is 0. The average molecular weight is 340 g/mol. The van der Waals surface area contributed by atoms with E-state index in [-0.39, 0.29) is 30.8 Å². The predicted octanol–water partition coefficient (Wildman–Crippen LogP) is 2.56. The summed E-state index contributed by atoms with van der Waals surface area (Å²) in [5.74, 6) is -1.06. The van der Waals surface area contributed by atoms with Gasteiger partial charge in [0.1, 0.15) is 5.71 Å². The molecule has 0 N–H and O–H groups in total. The Labute approximate surface area is 137 Å². The summed E-state index contributed by atoms with van der Waals surface area (Å²) in [6, 6.07) is 5.72. The molecular weight excluding hydrogens is 324 g/mol. The van der Waals surface area contributed by atoms with E-state index in [1.54, 1.807) is 6.92 Å². The summed E-state index contributed by atoms with van der Waals surface area (Å²) in [5.41, 5.74) is 0.0535. The number of ether oxygens (including phenoxy) is 2. The van der Waals surface area contributed by atoms with Gasteiger partial charge in [-0.2, -0.15) is 0 Å². The van der Waals surface area contributed by atoms with Crippen LogP contribution >= 0.6 is 11.9 Å². The number of nitrogens with zero attached hydrogens (tertiary/aromatic N) is 2. The summed E-state index contributed by atoms with van der Waals surface area (Å²) < 4.78 is 13.5. The van der Waals surface area contributed by atoms with E-state index >= 15 is 0 Å². The molecule has 0 saturated carbocycles. The van der Waals surface area contributed by atoms with Crippen LogP contribution in [0.4, 0.5) is 5.69 Å². The fourth-order valence-corrected chi connectivity index (χ4v) is 2.13. The molecule has 0 unspecified atom stereocenters. The molecule has 1 rings (SSSR count). The Morgan fingerprint density at radius 2 is 1.91 bits per heavy atom. The van der Waals surface area contributed by atoms with Gasteiger partial charge in [-0.25, -0.2) is 9.19 Å². The number of nitro groups is 1. The van der Waals surface area contributed by atoms with E-state index in [1.165, 1.54) is 31.4 Å². The smallest absolute Gasteiger partial charge is 0.353 e. The maximum absolute atomic E-state index is 11.6. The zero-order chi connectivity index (χ0) is 17.2. The van der Waals surface area contributed by atoms with Crippen molar-refractivity contribution in [2.24, 2.45) is 4.40 Å². The number of carbonyl (C=O) groups excluding carboxylic acids is 2. The molecule has 0 spiro atoms. The summed E-state index contributed by atoms with van der Waals surface area (Å²) in [4.78, 5) is 33.7. The summed E-state index contributed by atoms with van der Waals surface area (Å²) >= 11 is 0.970. The van der Waals surface area contributed by atoms with Gasteiger partial charge in [0.15, 0.2) is 0 Å². The highest BCUT2D eigenvalue weighted by Crippen LogP contribution is 2.23. The molecule has 0 amide bonds. The number of hydrogen-bond acceptors (Lipinski definition) is 8. The lowest BCUT2D eigenvalue weighted by Gasteiger charge is -2.04. The first-order valence-corrected chi connectivity index (χ1v) is 7.47. The Balaban J connectivity index is 2.74. The zero-order valence-electron chi connectivity index (χ0n) is 12.7. The first kappa shape index (κ1) is 18.6. The Morgan fingerprint density at radius 1 is 1.26 bits per heavy atom. The number of benzene rings is 1. The largest absolute Gasteiger partial charge is 0.466 e. The van der Waals surface area contributed by atoms with Gasteiger partial charge < -0.3 is 9.47 Å². The molecule has 0 bridgehead atoms. The number of carbonyl (C=O) groups is 2. The molecule has 1 aromatic carbocycles. The molecule has 0 fully saturated rings. The molecule has 0 aliphatic rings. The van der Waals surface area contributed by atoms with Crippen LogP contribution in [0, 0.1) is 10.1 Å². The Morgan fingerprint density at radius 3 is 2.43 bits per heavy atom. The van der Waals surface area contributed by atoms with Crippen LogP contribution in [0.2, 0.25) is 0 Å². The van der Waals surface area contributed by atoms with E-state index in [9.17, 15) is 19.7 Å². The molecule has 0 saturated heterocycles. The molecule has 0 aliphatic carbocycles. The van der Waals surface area contributed by atoms with E-state index in [0.717, 1.165) is 11.9 Å². The summed E-state index contributed by atoms with van der Waals surface area (Å²) in [5, 5.41) is 10.6. The highest BCUT2D eigenvalue weighted by atomic mass is 32.2. The molecule has 0 heterocycles. The van der Waals surface area contributed by atoms with Crippen LogP contribution in [0.15, 0.2) is 33.6 Å². The van der Waals surface area contributed by atoms with Crippen molar-refractivity contribution in [1.29, 1.82) is 0 Å². The maximum atomic E-state index is 11.6. The molecule has 0 aliphatic heterocycles. The van der Waals surface area contributed by atoms with Crippen LogP contribution < -0.4 is 0 Å². The Kier molecular flexibility index (Phi) is 7.75. The molecule has 9 heteroatoms. The van der Waals surface area contributed by atoms with Crippen molar-refractivity contribution in [1.82, 2.24) is 0 Å². The monoisotopic (exact) mass is 340 g/mol. The topological polar surface area (TPSA) is 108 Å². The normalized spacial score (nSPS) is 11.0. The molecule has 23 heavy (non-hydrogen) atoms. The fourth-order valence-electron chi connectivity index (χ4n) is 1.49. The van der Waals surface area contributed by atoms with Crippen LogP contribution in [0.3, 0.4) is 0 Å². The third-order valence-corrected chi connectivity index (χ3v) is 3.40. The first-order valence-electron chi connectivity index (χ1n) is 6.70. The summed E-state index contributed by atoms with van der Waals surface area (Å²) in [6.45, 7) is 1.96. The predicted molar refractivity (Wildman–Crippen MR) is 84.3 cm³/mol. The van der Waals surface area contributed by atoms with E-state index < -0.39 is 16.9 Å². The lowest BCUT2D eigenvalue weighted by molar-refractivity contribution is -0.384. The second-order valence-corrected chi connectivity index (χ2v) is 5.01. The Hall–Kier alpha value is -2.42. The SMILES string of the molecule is CCOC(=O)CC/C(=N\Sc1ccc([N+](=O)[O-])cc1)C(=O)OC. The van der Waals surface area contributed by atoms with Crippen LogP contribution in [-0.2, 0) is 19.1 Å². The van der Waals surface area contributed by atoms with Crippen molar-refractivity contribution >= 4 is 35.3 Å². The van der Waals surface area contributed by atoms with Gasteiger partial charge in [0.25, 0.3) is 5.69 Å². The molecule has 124 valence electrons. The van der Waals surface area contributed by atoms with E-state index in [0.29, 0.717) is 4.90 Å². The average Bonchev–Trinajstić information content (AvgIpc) is 2.54. The van der Waals surface area contributed by atoms with Gasteiger partial charge in [-0.1, -0.05) is 0 Å². The highest BCUT2D eigenvalue weighted by molar-refractivity contribution is 7.98. The van der Waals surface area contributed by atoms with Gasteiger partial charge >= 0.3 is 11.9 Å². The number of rotatable bonds is 8. The van der Waals surface area contributed by atoms with Crippen molar-refractivity contribution in [3.8, 4) is 0 Å². The van der Waals surface area contributed by atoms with Crippen molar-refractivity contribution < 1.29 is 24.0 Å². The van der Waals surface area contributed by atoms with E-state index in [4.69, 9.17) is 4.74 Å². The minimum absolute atomic E-state index is 0.0165. The molecule has 0 aromatic heterocycles. The standard InChI is InChI=1S/C14H16N2O6S/c1-3-22-13(17)9-8-12(14(18)21-2)15-23-11-6-4-10(5-7-11)16(19)20/h4-7H,3,8-9H2,1-2H3/b15-12+. The molecule has 8 nitrogen and oxygen atoms in total. The minimum Gasteiger partial charge on any atom is -0.466 e. The van der Waals surface area contributed by atoms with Crippen LogP contribution in [0.5, 0.6) is 0 Å². The number of methoxy groups -OCH3 is 1. The van der Waals surface area contributed by atoms with Crippen LogP contribution in [0.1, 0.15) is 19.8 Å². The third-order valence-electron chi connectivity index (χ3n) is 2.60. The quantitative estimate of drug-likeness (QED) is 0.235. The van der Waals surface area contributed by atoms with Crippen LogP contribution in [0.25, 0.3) is 0 Å². The number of non-ortho nitro benzene ring substituents is 1. The zero-order valence-corrected chi connectivity index (χ0v) is 13.5. The van der Waals surface area contributed by atoms with Crippen molar-refractivity contribution in [2.75, 3.05) is 13.7 Å². The van der Waals surface area contributed by atoms with Gasteiger partial charge in [-0.05, 0) is 19.1 Å². The van der Waals surface area contributed by atoms with E-state index in [1.807, 2.05) is 0 Å². The van der Waals surface area contributed by atoms with Crippen LogP contribution in [-0.4, -0.2) is 36.3 Å². The molecule has 0 atom stereocenters. The van der Waals surface area contributed by atoms with Gasteiger partial charge in [-0.3, -0.25) is 14.9 Å². The van der Waals surface area contributed by atoms with Gasteiger partial charge in [-0.15, -0.1) is 0 Å². The van der Waals surface area contributed by atoms with Crippen molar-refractivity contribution in [2.45, 2.75) is 24.7 Å². The van der Waals surface area contributed by atoms with Crippen molar-refractivity contribution in [3.05, 3.63) is 34.4 Å². The van der Waals surface area contributed by atoms with Gasteiger partial charge in [0.2, 0.25) is 0 Å². The second-order valence-electron chi connectivity index (χ2n) is 4.18. The van der Waals surface area contributed by atoms with E-state index in [2.05, 4.69) is 9.13 Å². The third kappa shape index (κ3) is 6.47.